The van der Waals surface area contributed by atoms with Crippen LogP contribution in [0, 0.1) is 0 Å². The van der Waals surface area contributed by atoms with Gasteiger partial charge >= 0.3 is 0 Å². The largest absolute Gasteiger partial charge is 0.493 e. The highest BCUT2D eigenvalue weighted by Crippen LogP contribution is 2.29. The summed E-state index contributed by atoms with van der Waals surface area (Å²) in [5, 5.41) is 0. The van der Waals surface area contributed by atoms with E-state index in [1.165, 1.54) is 0 Å². The zero-order valence-corrected chi connectivity index (χ0v) is 15.1. The molecule has 1 aromatic carbocycles. The number of nitrogens with zero attached hydrogens (tertiary/aromatic N) is 1. The van der Waals surface area contributed by atoms with E-state index in [-0.39, 0.29) is 24.2 Å². The average molecular weight is 333 g/mol. The van der Waals surface area contributed by atoms with Crippen molar-refractivity contribution in [3.05, 3.63) is 29.8 Å². The summed E-state index contributed by atoms with van der Waals surface area (Å²) in [4.78, 5) is 14.3. The Hall–Kier alpha value is -2.01. The van der Waals surface area contributed by atoms with Crippen molar-refractivity contribution in [2.45, 2.75) is 45.9 Å². The van der Waals surface area contributed by atoms with E-state index in [0.717, 1.165) is 5.56 Å². The second-order valence-corrected chi connectivity index (χ2v) is 6.39. The minimum atomic E-state index is -0.000811. The predicted octanol–water partition coefficient (Wildman–Crippen LogP) is 3.13. The molecule has 1 aromatic rings. The molecule has 1 aliphatic rings. The van der Waals surface area contributed by atoms with Crippen LogP contribution in [0.25, 0.3) is 6.08 Å². The molecule has 132 valence electrons. The fraction of sp³-hybridized carbons (Fsp3) is 0.526. The van der Waals surface area contributed by atoms with Crippen LogP contribution in [0.3, 0.4) is 0 Å². The van der Waals surface area contributed by atoms with Crippen molar-refractivity contribution in [1.29, 1.82) is 0 Å². The molecule has 1 amide bonds. The van der Waals surface area contributed by atoms with Gasteiger partial charge in [-0.05, 0) is 51.5 Å². The van der Waals surface area contributed by atoms with Gasteiger partial charge in [-0.25, -0.2) is 0 Å². The molecule has 1 heterocycles. The highest BCUT2D eigenvalue weighted by molar-refractivity contribution is 5.92. The first kappa shape index (κ1) is 18.3. The molecule has 5 heteroatoms. The predicted molar refractivity (Wildman–Crippen MR) is 94.4 cm³/mol. The highest BCUT2D eigenvalue weighted by Gasteiger charge is 2.25. The van der Waals surface area contributed by atoms with Crippen LogP contribution in [0.2, 0.25) is 0 Å². The Bertz CT molecular complexity index is 597. The zero-order valence-electron chi connectivity index (χ0n) is 15.1. The number of morpholine rings is 1. The quantitative estimate of drug-likeness (QED) is 0.777. The number of carbonyl (C=O) groups excluding carboxylic acids is 1. The third-order valence-electron chi connectivity index (χ3n) is 3.86. The maximum Gasteiger partial charge on any atom is 0.246 e. The molecule has 24 heavy (non-hydrogen) atoms. The average Bonchev–Trinajstić information content (AvgIpc) is 2.55. The first-order valence-corrected chi connectivity index (χ1v) is 8.35. The van der Waals surface area contributed by atoms with Crippen molar-refractivity contribution < 1.29 is 19.0 Å². The van der Waals surface area contributed by atoms with E-state index in [1.54, 1.807) is 19.3 Å². The maximum absolute atomic E-state index is 12.4. The summed E-state index contributed by atoms with van der Waals surface area (Å²) in [5.41, 5.74) is 0.894. The van der Waals surface area contributed by atoms with Gasteiger partial charge in [0.25, 0.3) is 0 Å². The van der Waals surface area contributed by atoms with Gasteiger partial charge in [-0.1, -0.05) is 6.07 Å². The number of ether oxygens (including phenoxy) is 3. The molecule has 0 aliphatic carbocycles. The van der Waals surface area contributed by atoms with Gasteiger partial charge in [0.1, 0.15) is 0 Å². The van der Waals surface area contributed by atoms with Crippen LogP contribution in [-0.4, -0.2) is 49.3 Å². The molecule has 0 N–H and O–H groups in total. The second-order valence-electron chi connectivity index (χ2n) is 6.39. The van der Waals surface area contributed by atoms with Gasteiger partial charge in [-0.15, -0.1) is 0 Å². The van der Waals surface area contributed by atoms with Crippen LogP contribution >= 0.6 is 0 Å². The summed E-state index contributed by atoms with van der Waals surface area (Å²) in [6.07, 6.45) is 3.56. The molecule has 2 unspecified atom stereocenters. The van der Waals surface area contributed by atoms with Crippen molar-refractivity contribution in [2.24, 2.45) is 0 Å². The van der Waals surface area contributed by atoms with E-state index in [4.69, 9.17) is 14.2 Å². The van der Waals surface area contributed by atoms with E-state index in [2.05, 4.69) is 0 Å². The molecular weight excluding hydrogens is 306 g/mol. The van der Waals surface area contributed by atoms with E-state index in [1.807, 2.05) is 50.8 Å². The molecule has 0 aromatic heterocycles. The first-order chi connectivity index (χ1) is 11.4. The molecular formula is C19H27NO4. The molecule has 0 spiro atoms. The van der Waals surface area contributed by atoms with Crippen LogP contribution in [0.5, 0.6) is 11.5 Å². The first-order valence-electron chi connectivity index (χ1n) is 8.35. The number of benzene rings is 1. The van der Waals surface area contributed by atoms with Crippen molar-refractivity contribution in [1.82, 2.24) is 4.90 Å². The fourth-order valence-electron chi connectivity index (χ4n) is 2.61. The lowest BCUT2D eigenvalue weighted by Crippen LogP contribution is -2.49. The molecule has 0 saturated carbocycles. The molecule has 0 bridgehead atoms. The molecule has 1 fully saturated rings. The highest BCUT2D eigenvalue weighted by atomic mass is 16.5. The number of hydrogen-bond acceptors (Lipinski definition) is 4. The number of rotatable bonds is 5. The number of carbonyl (C=O) groups is 1. The summed E-state index contributed by atoms with van der Waals surface area (Å²) in [6.45, 7) is 9.12. The Kier molecular flexibility index (Phi) is 6.26. The topological polar surface area (TPSA) is 48.0 Å². The Balaban J connectivity index is 2.09. The molecule has 0 radical (unpaired) electrons. The Morgan fingerprint density at radius 2 is 2.08 bits per heavy atom. The lowest BCUT2D eigenvalue weighted by molar-refractivity contribution is -0.137. The molecule has 5 nitrogen and oxygen atoms in total. The van der Waals surface area contributed by atoms with Gasteiger partial charge < -0.3 is 19.1 Å². The minimum Gasteiger partial charge on any atom is -0.493 e. The standard InChI is InChI=1S/C19H27NO4/c1-13(2)24-17-8-6-16(10-18(17)22-5)7-9-19(21)20-11-15(4)23-12-14(20)3/h6-10,13-15H,11-12H2,1-5H3/b9-7+. The molecule has 2 atom stereocenters. The zero-order chi connectivity index (χ0) is 17.7. The summed E-state index contributed by atoms with van der Waals surface area (Å²) in [7, 11) is 1.61. The van der Waals surface area contributed by atoms with Crippen LogP contribution in [0.4, 0.5) is 0 Å². The van der Waals surface area contributed by atoms with Gasteiger partial charge in [0, 0.05) is 12.6 Å². The Labute approximate surface area is 144 Å². The minimum absolute atomic E-state index is 0.000811. The second kappa shape index (κ2) is 8.20. The number of methoxy groups -OCH3 is 1. The molecule has 1 aliphatic heterocycles. The van der Waals surface area contributed by atoms with Crippen LogP contribution < -0.4 is 9.47 Å². The van der Waals surface area contributed by atoms with E-state index in [9.17, 15) is 4.79 Å². The van der Waals surface area contributed by atoms with Gasteiger partial charge in [0.15, 0.2) is 11.5 Å². The van der Waals surface area contributed by atoms with Crippen molar-refractivity contribution >= 4 is 12.0 Å². The van der Waals surface area contributed by atoms with Crippen LogP contribution in [-0.2, 0) is 9.53 Å². The maximum atomic E-state index is 12.4. The SMILES string of the molecule is COc1cc(/C=C/C(=O)N2CC(C)OCC2C)ccc1OC(C)C. The molecule has 1 saturated heterocycles. The van der Waals surface area contributed by atoms with Gasteiger partial charge in [-0.2, -0.15) is 0 Å². The van der Waals surface area contributed by atoms with Crippen molar-refractivity contribution in [3.8, 4) is 11.5 Å². The Morgan fingerprint density at radius 3 is 2.75 bits per heavy atom. The third-order valence-corrected chi connectivity index (χ3v) is 3.86. The normalized spacial score (nSPS) is 21.3. The fourth-order valence-corrected chi connectivity index (χ4v) is 2.61. The van der Waals surface area contributed by atoms with E-state index < -0.39 is 0 Å². The van der Waals surface area contributed by atoms with E-state index >= 15 is 0 Å². The lowest BCUT2D eigenvalue weighted by atomic mass is 10.1. The van der Waals surface area contributed by atoms with E-state index in [0.29, 0.717) is 24.7 Å². The smallest absolute Gasteiger partial charge is 0.246 e. The lowest BCUT2D eigenvalue weighted by Gasteiger charge is -2.36. The third kappa shape index (κ3) is 4.74. The van der Waals surface area contributed by atoms with Gasteiger partial charge in [0.2, 0.25) is 5.91 Å². The van der Waals surface area contributed by atoms with Crippen LogP contribution in [0.15, 0.2) is 24.3 Å². The number of amides is 1. The monoisotopic (exact) mass is 333 g/mol. The van der Waals surface area contributed by atoms with Crippen molar-refractivity contribution in [3.63, 3.8) is 0 Å². The number of hydrogen-bond donors (Lipinski definition) is 0. The summed E-state index contributed by atoms with van der Waals surface area (Å²) >= 11 is 0. The summed E-state index contributed by atoms with van der Waals surface area (Å²) < 4.78 is 16.6. The van der Waals surface area contributed by atoms with Gasteiger partial charge in [-0.3, -0.25) is 4.79 Å². The Morgan fingerprint density at radius 1 is 1.33 bits per heavy atom. The summed E-state index contributed by atoms with van der Waals surface area (Å²) in [6, 6.07) is 5.74. The molecule has 2 rings (SSSR count). The summed E-state index contributed by atoms with van der Waals surface area (Å²) in [5.74, 6) is 1.36. The van der Waals surface area contributed by atoms with Crippen molar-refractivity contribution in [2.75, 3.05) is 20.3 Å². The van der Waals surface area contributed by atoms with Gasteiger partial charge in [0.05, 0.1) is 32.0 Å². The van der Waals surface area contributed by atoms with Crippen LogP contribution in [0.1, 0.15) is 33.3 Å².